The van der Waals surface area contributed by atoms with Crippen LogP contribution in [0.5, 0.6) is 0 Å². The molecule has 17 heavy (non-hydrogen) atoms. The van der Waals surface area contributed by atoms with E-state index in [1.807, 2.05) is 0 Å². The summed E-state index contributed by atoms with van der Waals surface area (Å²) in [4.78, 5) is 4.78. The second-order valence-corrected chi connectivity index (χ2v) is 4.92. The molecule has 3 N–H and O–H groups in total. The third kappa shape index (κ3) is 4.65. The summed E-state index contributed by atoms with van der Waals surface area (Å²) >= 11 is 7.15. The van der Waals surface area contributed by atoms with Crippen molar-refractivity contribution in [1.82, 2.24) is 10.6 Å². The Morgan fingerprint density at radius 3 is 2.94 bits per heavy atom. The average molecular weight is 272 g/mol. The molecule has 1 aromatic rings. The van der Waals surface area contributed by atoms with Gasteiger partial charge in [0, 0.05) is 18.5 Å². The van der Waals surface area contributed by atoms with Crippen molar-refractivity contribution < 1.29 is 5.11 Å². The van der Waals surface area contributed by atoms with Crippen molar-refractivity contribution in [2.75, 3.05) is 20.1 Å². The maximum Gasteiger partial charge on any atom is 0.191 e. The van der Waals surface area contributed by atoms with E-state index in [9.17, 15) is 5.11 Å². The lowest BCUT2D eigenvalue weighted by Crippen LogP contribution is -2.39. The number of nitrogens with zero attached hydrogens (tertiary/aromatic N) is 1. The molecule has 0 aliphatic heterocycles. The number of thiophene rings is 1. The van der Waals surface area contributed by atoms with Crippen LogP contribution in [0, 0.1) is 12.3 Å². The minimum absolute atomic E-state index is 0.348. The van der Waals surface area contributed by atoms with E-state index in [0.29, 0.717) is 23.4 Å². The molecular formula is C11H14ClN3OS. The van der Waals surface area contributed by atoms with E-state index >= 15 is 0 Å². The van der Waals surface area contributed by atoms with E-state index in [1.165, 1.54) is 11.3 Å². The molecule has 6 heteroatoms. The normalized spacial score (nSPS) is 12.9. The molecule has 1 heterocycles. The fourth-order valence-corrected chi connectivity index (χ4v) is 2.20. The Kier molecular flexibility index (Phi) is 5.84. The van der Waals surface area contributed by atoms with Crippen LogP contribution in [0.2, 0.25) is 4.34 Å². The first-order valence-corrected chi connectivity index (χ1v) is 6.18. The quantitative estimate of drug-likeness (QED) is 0.439. The molecule has 0 saturated carbocycles. The van der Waals surface area contributed by atoms with Gasteiger partial charge < -0.3 is 15.7 Å². The van der Waals surface area contributed by atoms with Crippen LogP contribution >= 0.6 is 22.9 Å². The second-order valence-electron chi connectivity index (χ2n) is 3.17. The van der Waals surface area contributed by atoms with Gasteiger partial charge in [0.15, 0.2) is 5.96 Å². The summed E-state index contributed by atoms with van der Waals surface area (Å²) in [6.07, 6.45) is 4.51. The van der Waals surface area contributed by atoms with E-state index < -0.39 is 6.10 Å². The molecule has 4 nitrogen and oxygen atoms in total. The van der Waals surface area contributed by atoms with Crippen LogP contribution in [-0.4, -0.2) is 31.2 Å². The first kappa shape index (κ1) is 13.8. The van der Waals surface area contributed by atoms with Crippen LogP contribution in [0.1, 0.15) is 11.0 Å². The molecule has 92 valence electrons. The highest BCUT2D eigenvalue weighted by molar-refractivity contribution is 7.16. The topological polar surface area (TPSA) is 56.7 Å². The molecule has 1 rings (SSSR count). The van der Waals surface area contributed by atoms with Gasteiger partial charge in [-0.1, -0.05) is 17.5 Å². The molecule has 0 aromatic carbocycles. The predicted molar refractivity (Wildman–Crippen MR) is 72.5 cm³/mol. The van der Waals surface area contributed by atoms with Crippen molar-refractivity contribution >= 4 is 28.9 Å². The van der Waals surface area contributed by atoms with E-state index in [-0.39, 0.29) is 0 Å². The summed E-state index contributed by atoms with van der Waals surface area (Å²) in [6.45, 7) is 0.738. The molecule has 0 aliphatic rings. The highest BCUT2D eigenvalue weighted by Crippen LogP contribution is 2.26. The summed E-state index contributed by atoms with van der Waals surface area (Å²) in [7, 11) is 1.64. The minimum atomic E-state index is -0.614. The van der Waals surface area contributed by atoms with Gasteiger partial charge in [-0.15, -0.1) is 17.8 Å². The molecule has 0 fully saturated rings. The number of aliphatic imine (C=N–C) groups is 1. The van der Waals surface area contributed by atoms with Crippen LogP contribution in [-0.2, 0) is 0 Å². The smallest absolute Gasteiger partial charge is 0.191 e. The lowest BCUT2D eigenvalue weighted by atomic mass is 10.3. The predicted octanol–water partition coefficient (Wildman–Crippen LogP) is 1.23. The van der Waals surface area contributed by atoms with Gasteiger partial charge in [0.05, 0.1) is 10.9 Å². The number of terminal acetylenes is 1. The monoisotopic (exact) mass is 271 g/mol. The summed E-state index contributed by atoms with van der Waals surface area (Å²) in [5, 5.41) is 15.7. The first-order valence-electron chi connectivity index (χ1n) is 4.98. The van der Waals surface area contributed by atoms with Crippen LogP contribution in [0.15, 0.2) is 17.1 Å². The van der Waals surface area contributed by atoms with Gasteiger partial charge in [-0.2, -0.15) is 0 Å². The van der Waals surface area contributed by atoms with E-state index in [0.717, 1.165) is 4.88 Å². The van der Waals surface area contributed by atoms with Crippen molar-refractivity contribution in [1.29, 1.82) is 0 Å². The maximum absolute atomic E-state index is 9.87. The SMILES string of the molecule is C#CCNC(=NC)NCC(O)c1ccc(Cl)s1. The Hall–Kier alpha value is -1.22. The Morgan fingerprint density at radius 2 is 2.41 bits per heavy atom. The molecule has 0 radical (unpaired) electrons. The fourth-order valence-electron chi connectivity index (χ4n) is 1.16. The van der Waals surface area contributed by atoms with Crippen LogP contribution in [0.25, 0.3) is 0 Å². The Balaban J connectivity index is 2.42. The summed E-state index contributed by atoms with van der Waals surface area (Å²) < 4.78 is 0.661. The number of rotatable bonds is 4. The van der Waals surface area contributed by atoms with Crippen LogP contribution in [0.3, 0.4) is 0 Å². The van der Waals surface area contributed by atoms with E-state index in [1.54, 1.807) is 19.2 Å². The minimum Gasteiger partial charge on any atom is -0.386 e. The lowest BCUT2D eigenvalue weighted by Gasteiger charge is -2.13. The van der Waals surface area contributed by atoms with Crippen molar-refractivity contribution in [2.45, 2.75) is 6.10 Å². The summed E-state index contributed by atoms with van der Waals surface area (Å²) in [5.41, 5.74) is 0. The Bertz CT molecular complexity index is 425. The number of aliphatic hydroxyl groups is 1. The van der Waals surface area contributed by atoms with Gasteiger partial charge in [0.2, 0.25) is 0 Å². The Labute approximate surface area is 110 Å². The van der Waals surface area contributed by atoms with Gasteiger partial charge in [-0.3, -0.25) is 4.99 Å². The zero-order valence-electron chi connectivity index (χ0n) is 9.40. The third-order valence-electron chi connectivity index (χ3n) is 1.97. The van der Waals surface area contributed by atoms with Crippen molar-refractivity contribution in [3.8, 4) is 12.3 Å². The van der Waals surface area contributed by atoms with Gasteiger partial charge in [0.25, 0.3) is 0 Å². The molecule has 0 bridgehead atoms. The summed E-state index contributed by atoms with van der Waals surface area (Å²) in [6, 6.07) is 3.56. The number of hydrogen-bond donors (Lipinski definition) is 3. The van der Waals surface area contributed by atoms with E-state index in [4.69, 9.17) is 18.0 Å². The van der Waals surface area contributed by atoms with E-state index in [2.05, 4.69) is 21.5 Å². The van der Waals surface area contributed by atoms with Gasteiger partial charge in [0.1, 0.15) is 6.10 Å². The third-order valence-corrected chi connectivity index (χ3v) is 3.30. The molecule has 0 saturated heterocycles. The summed E-state index contributed by atoms with van der Waals surface area (Å²) in [5.74, 6) is 3.01. The van der Waals surface area contributed by atoms with Gasteiger partial charge >= 0.3 is 0 Å². The first-order chi connectivity index (χ1) is 8.17. The van der Waals surface area contributed by atoms with Crippen molar-refractivity contribution in [3.05, 3.63) is 21.3 Å². The molecule has 1 aromatic heterocycles. The number of guanidine groups is 1. The molecule has 0 amide bonds. The van der Waals surface area contributed by atoms with Crippen molar-refractivity contribution in [3.63, 3.8) is 0 Å². The number of aliphatic hydroxyl groups excluding tert-OH is 1. The molecule has 0 aliphatic carbocycles. The zero-order chi connectivity index (χ0) is 12.7. The lowest BCUT2D eigenvalue weighted by molar-refractivity contribution is 0.184. The van der Waals surface area contributed by atoms with Crippen LogP contribution in [0.4, 0.5) is 0 Å². The average Bonchev–Trinajstić information content (AvgIpc) is 2.76. The molecule has 1 unspecified atom stereocenters. The number of nitrogens with one attached hydrogen (secondary N) is 2. The highest BCUT2D eigenvalue weighted by Gasteiger charge is 2.10. The number of halogens is 1. The van der Waals surface area contributed by atoms with Crippen LogP contribution < -0.4 is 10.6 Å². The maximum atomic E-state index is 9.87. The standard InChI is InChI=1S/C11H14ClN3OS/c1-3-6-14-11(13-2)15-7-8(16)9-4-5-10(12)17-9/h1,4-5,8,16H,6-7H2,2H3,(H2,13,14,15). The number of hydrogen-bond acceptors (Lipinski definition) is 3. The van der Waals surface area contributed by atoms with Gasteiger partial charge in [-0.05, 0) is 12.1 Å². The zero-order valence-corrected chi connectivity index (χ0v) is 11.0. The Morgan fingerprint density at radius 1 is 1.65 bits per heavy atom. The molecular weight excluding hydrogens is 258 g/mol. The van der Waals surface area contributed by atoms with Gasteiger partial charge in [-0.25, -0.2) is 0 Å². The van der Waals surface area contributed by atoms with Crippen molar-refractivity contribution in [2.24, 2.45) is 4.99 Å². The fraction of sp³-hybridized carbons (Fsp3) is 0.364. The highest BCUT2D eigenvalue weighted by atomic mass is 35.5. The molecule has 0 spiro atoms. The largest absolute Gasteiger partial charge is 0.386 e. The molecule has 1 atom stereocenters. The second kappa shape index (κ2) is 7.17.